The molecule has 0 fully saturated rings. The van der Waals surface area contributed by atoms with Gasteiger partial charge in [-0.25, -0.2) is 4.79 Å². The summed E-state index contributed by atoms with van der Waals surface area (Å²) in [5, 5.41) is 13.4. The van der Waals surface area contributed by atoms with Gasteiger partial charge in [-0.15, -0.1) is 0 Å². The smallest absolute Gasteiger partial charge is 0.344 e. The number of para-hydroxylation sites is 2. The number of anilines is 1. The maximum Gasteiger partial charge on any atom is 0.344 e. The normalized spacial score (nSPS) is 10.0. The van der Waals surface area contributed by atoms with Crippen molar-refractivity contribution < 1.29 is 28.7 Å². The highest BCUT2D eigenvalue weighted by Crippen LogP contribution is 2.27. The van der Waals surface area contributed by atoms with Crippen molar-refractivity contribution in [3.05, 3.63) is 57.6 Å². The van der Waals surface area contributed by atoms with Crippen molar-refractivity contribution in [2.45, 2.75) is 0 Å². The molecule has 1 amide bonds. The molecule has 0 aromatic heterocycles. The number of ether oxygens (including phenoxy) is 3. The van der Waals surface area contributed by atoms with Crippen molar-refractivity contribution in [2.75, 3.05) is 25.6 Å². The minimum Gasteiger partial charge on any atom is -0.493 e. The van der Waals surface area contributed by atoms with Crippen LogP contribution in [0.15, 0.2) is 42.5 Å². The van der Waals surface area contributed by atoms with Gasteiger partial charge in [0.1, 0.15) is 5.69 Å². The zero-order chi connectivity index (χ0) is 19.8. The summed E-state index contributed by atoms with van der Waals surface area (Å²) < 4.78 is 15.1. The van der Waals surface area contributed by atoms with Crippen LogP contribution < -0.4 is 14.8 Å². The molecule has 2 aromatic carbocycles. The van der Waals surface area contributed by atoms with Gasteiger partial charge in [-0.1, -0.05) is 23.7 Å². The third-order valence-corrected chi connectivity index (χ3v) is 3.44. The zero-order valence-corrected chi connectivity index (χ0v) is 14.9. The molecule has 27 heavy (non-hydrogen) atoms. The number of rotatable bonds is 8. The summed E-state index contributed by atoms with van der Waals surface area (Å²) in [5.74, 6) is -0.769. The van der Waals surface area contributed by atoms with Crippen LogP contribution in [-0.4, -0.2) is 37.1 Å². The minimum absolute atomic E-state index is 0.0983. The van der Waals surface area contributed by atoms with E-state index in [1.54, 1.807) is 24.3 Å². The number of nitrogens with zero attached hydrogens (tertiary/aromatic N) is 1. The van der Waals surface area contributed by atoms with Crippen LogP contribution in [0.2, 0.25) is 5.02 Å². The van der Waals surface area contributed by atoms with Gasteiger partial charge >= 0.3 is 5.97 Å². The molecule has 0 bridgehead atoms. The Morgan fingerprint density at radius 1 is 1.15 bits per heavy atom. The van der Waals surface area contributed by atoms with E-state index in [1.165, 1.54) is 19.2 Å². The Kier molecular flexibility index (Phi) is 6.95. The lowest BCUT2D eigenvalue weighted by atomic mass is 10.2. The molecule has 2 rings (SSSR count). The molecule has 0 unspecified atom stereocenters. The van der Waals surface area contributed by atoms with E-state index in [4.69, 9.17) is 25.8 Å². The highest BCUT2D eigenvalue weighted by atomic mass is 35.5. The summed E-state index contributed by atoms with van der Waals surface area (Å²) in [6.45, 7) is -1.08. The first-order valence-electron chi connectivity index (χ1n) is 7.56. The number of halogens is 1. The molecular formula is C17H15ClN2O7. The molecule has 9 nitrogen and oxygen atoms in total. The monoisotopic (exact) mass is 394 g/mol. The Labute approximate surface area is 158 Å². The number of methoxy groups -OCH3 is 1. The topological polar surface area (TPSA) is 117 Å². The molecule has 0 aliphatic carbocycles. The van der Waals surface area contributed by atoms with Crippen LogP contribution in [0.5, 0.6) is 11.5 Å². The van der Waals surface area contributed by atoms with Gasteiger partial charge in [-0.3, -0.25) is 14.9 Å². The van der Waals surface area contributed by atoms with Gasteiger partial charge in [0.25, 0.3) is 11.6 Å². The number of hydrogen-bond acceptors (Lipinski definition) is 7. The summed E-state index contributed by atoms with van der Waals surface area (Å²) >= 11 is 5.77. The largest absolute Gasteiger partial charge is 0.493 e. The maximum absolute atomic E-state index is 11.9. The molecule has 0 spiro atoms. The van der Waals surface area contributed by atoms with Crippen molar-refractivity contribution in [3.63, 3.8) is 0 Å². The fourth-order valence-electron chi connectivity index (χ4n) is 2.02. The molecular weight excluding hydrogens is 380 g/mol. The van der Waals surface area contributed by atoms with Crippen LogP contribution in [0.3, 0.4) is 0 Å². The van der Waals surface area contributed by atoms with Crippen molar-refractivity contribution in [1.82, 2.24) is 0 Å². The van der Waals surface area contributed by atoms with E-state index < -0.39 is 30.0 Å². The van der Waals surface area contributed by atoms with Gasteiger partial charge in [0.15, 0.2) is 24.7 Å². The first-order chi connectivity index (χ1) is 12.9. The number of hydrogen-bond donors (Lipinski definition) is 1. The highest BCUT2D eigenvalue weighted by Gasteiger charge is 2.17. The van der Waals surface area contributed by atoms with Crippen LogP contribution >= 0.6 is 11.6 Å². The van der Waals surface area contributed by atoms with Gasteiger partial charge in [0, 0.05) is 11.1 Å². The zero-order valence-electron chi connectivity index (χ0n) is 14.1. The molecule has 10 heteroatoms. The van der Waals surface area contributed by atoms with E-state index in [1.807, 2.05) is 0 Å². The summed E-state index contributed by atoms with van der Waals surface area (Å²) in [6.07, 6.45) is 0. The van der Waals surface area contributed by atoms with E-state index in [-0.39, 0.29) is 16.4 Å². The lowest BCUT2D eigenvalue weighted by Crippen LogP contribution is -2.24. The van der Waals surface area contributed by atoms with Crippen molar-refractivity contribution in [1.29, 1.82) is 0 Å². The highest BCUT2D eigenvalue weighted by molar-refractivity contribution is 6.31. The first kappa shape index (κ1) is 20.0. The second kappa shape index (κ2) is 9.39. The van der Waals surface area contributed by atoms with Crippen molar-refractivity contribution in [3.8, 4) is 11.5 Å². The predicted molar refractivity (Wildman–Crippen MR) is 96.2 cm³/mol. The quantitative estimate of drug-likeness (QED) is 0.415. The molecule has 2 aromatic rings. The second-order valence-corrected chi connectivity index (χ2v) is 5.50. The molecule has 0 aliphatic rings. The second-order valence-electron chi connectivity index (χ2n) is 5.07. The number of nitro groups is 1. The van der Waals surface area contributed by atoms with Crippen LogP contribution in [0, 0.1) is 10.1 Å². The molecule has 0 saturated heterocycles. The fraction of sp³-hybridized carbons (Fsp3) is 0.176. The standard InChI is InChI=1S/C17H15ClN2O7/c1-25-14-4-2-3-5-15(14)26-10-17(22)27-9-16(21)19-12-8-11(18)6-7-13(12)20(23)24/h2-8H,9-10H2,1H3,(H,19,21). The molecule has 1 N–H and O–H groups in total. The number of esters is 1. The minimum atomic E-state index is -0.795. The molecule has 0 heterocycles. The van der Waals surface area contributed by atoms with Crippen LogP contribution in [0.1, 0.15) is 0 Å². The van der Waals surface area contributed by atoms with Crippen LogP contribution in [-0.2, 0) is 14.3 Å². The lowest BCUT2D eigenvalue weighted by Gasteiger charge is -2.10. The number of nitrogens with one attached hydrogen (secondary N) is 1. The Bertz CT molecular complexity index is 857. The number of amides is 1. The third kappa shape index (κ3) is 5.86. The van der Waals surface area contributed by atoms with Gasteiger partial charge in [0.05, 0.1) is 12.0 Å². The van der Waals surface area contributed by atoms with Gasteiger partial charge in [0.2, 0.25) is 0 Å². The predicted octanol–water partition coefficient (Wildman–Crippen LogP) is 2.82. The average molecular weight is 395 g/mol. The molecule has 0 aliphatic heterocycles. The molecule has 0 atom stereocenters. The van der Waals surface area contributed by atoms with Crippen molar-refractivity contribution in [2.24, 2.45) is 0 Å². The van der Waals surface area contributed by atoms with E-state index in [0.717, 1.165) is 6.07 Å². The molecule has 0 saturated carbocycles. The average Bonchev–Trinajstić information content (AvgIpc) is 2.64. The van der Waals surface area contributed by atoms with Crippen LogP contribution in [0.25, 0.3) is 0 Å². The molecule has 142 valence electrons. The SMILES string of the molecule is COc1ccccc1OCC(=O)OCC(=O)Nc1cc(Cl)ccc1[N+](=O)[O-]. The lowest BCUT2D eigenvalue weighted by molar-refractivity contribution is -0.383. The maximum atomic E-state index is 11.9. The summed E-state index contributed by atoms with van der Waals surface area (Å²) in [7, 11) is 1.46. The number of nitro benzene ring substituents is 1. The Balaban J connectivity index is 1.86. The van der Waals surface area contributed by atoms with E-state index in [0.29, 0.717) is 11.5 Å². The van der Waals surface area contributed by atoms with Crippen LogP contribution in [0.4, 0.5) is 11.4 Å². The van der Waals surface area contributed by atoms with Gasteiger partial charge < -0.3 is 19.5 Å². The Morgan fingerprint density at radius 3 is 2.52 bits per heavy atom. The summed E-state index contributed by atoms with van der Waals surface area (Å²) in [5.41, 5.74) is -0.433. The summed E-state index contributed by atoms with van der Waals surface area (Å²) in [4.78, 5) is 33.9. The Hall–Kier alpha value is -3.33. The number of carbonyl (C=O) groups is 2. The number of carbonyl (C=O) groups excluding carboxylic acids is 2. The van der Waals surface area contributed by atoms with Gasteiger partial charge in [-0.05, 0) is 24.3 Å². The van der Waals surface area contributed by atoms with E-state index >= 15 is 0 Å². The first-order valence-corrected chi connectivity index (χ1v) is 7.93. The Morgan fingerprint density at radius 2 is 1.85 bits per heavy atom. The fourth-order valence-corrected chi connectivity index (χ4v) is 2.19. The van der Waals surface area contributed by atoms with E-state index in [2.05, 4.69) is 5.32 Å². The van der Waals surface area contributed by atoms with Gasteiger partial charge in [-0.2, -0.15) is 0 Å². The number of benzene rings is 2. The van der Waals surface area contributed by atoms with E-state index in [9.17, 15) is 19.7 Å². The van der Waals surface area contributed by atoms with Crippen molar-refractivity contribution >= 4 is 34.9 Å². The molecule has 0 radical (unpaired) electrons. The third-order valence-electron chi connectivity index (χ3n) is 3.21. The summed E-state index contributed by atoms with van der Waals surface area (Å²) in [6, 6.07) is 10.4.